The van der Waals surface area contributed by atoms with Crippen LogP contribution in [0.4, 0.5) is 5.69 Å². The van der Waals surface area contributed by atoms with Crippen LogP contribution in [0.15, 0.2) is 22.7 Å². The van der Waals surface area contributed by atoms with Gasteiger partial charge in [-0.2, -0.15) is 0 Å². The SMILES string of the molecule is Cc1cc(NC(=O)CC(C)c2c(C)noc2C)ccc1C(=O)O. The zero-order valence-electron chi connectivity index (χ0n) is 13.6. The first-order valence-electron chi connectivity index (χ1n) is 7.36. The van der Waals surface area contributed by atoms with Crippen LogP contribution in [0, 0.1) is 20.8 Å². The fourth-order valence-electron chi connectivity index (χ4n) is 2.77. The Morgan fingerprint density at radius 2 is 2.00 bits per heavy atom. The van der Waals surface area contributed by atoms with Crippen LogP contribution in [-0.2, 0) is 4.79 Å². The molecule has 2 rings (SSSR count). The molecule has 0 radical (unpaired) electrons. The van der Waals surface area contributed by atoms with Crippen LogP contribution in [0.1, 0.15) is 52.2 Å². The Labute approximate surface area is 134 Å². The van der Waals surface area contributed by atoms with Crippen LogP contribution < -0.4 is 5.32 Å². The number of nitrogens with one attached hydrogen (secondary N) is 1. The zero-order chi connectivity index (χ0) is 17.1. The maximum Gasteiger partial charge on any atom is 0.335 e. The number of aromatic nitrogens is 1. The van der Waals surface area contributed by atoms with Crippen molar-refractivity contribution in [1.82, 2.24) is 5.16 Å². The number of rotatable bonds is 5. The molecule has 6 heteroatoms. The van der Waals surface area contributed by atoms with E-state index in [0.717, 1.165) is 17.0 Å². The van der Waals surface area contributed by atoms with Crippen LogP contribution in [0.5, 0.6) is 0 Å². The van der Waals surface area contributed by atoms with Crippen molar-refractivity contribution in [2.24, 2.45) is 0 Å². The number of hydrogen-bond donors (Lipinski definition) is 2. The Balaban J connectivity index is 2.05. The minimum atomic E-state index is -0.979. The number of aryl methyl sites for hydroxylation is 3. The molecule has 1 amide bonds. The summed E-state index contributed by atoms with van der Waals surface area (Å²) in [5.41, 5.74) is 3.17. The number of amides is 1. The maximum absolute atomic E-state index is 12.2. The zero-order valence-corrected chi connectivity index (χ0v) is 13.6. The van der Waals surface area contributed by atoms with Crippen molar-refractivity contribution < 1.29 is 19.2 Å². The molecule has 122 valence electrons. The monoisotopic (exact) mass is 316 g/mol. The number of carbonyl (C=O) groups excluding carboxylic acids is 1. The largest absolute Gasteiger partial charge is 0.478 e. The number of anilines is 1. The maximum atomic E-state index is 12.2. The van der Waals surface area contributed by atoms with Gasteiger partial charge in [-0.15, -0.1) is 0 Å². The molecule has 0 saturated heterocycles. The third-order valence-corrected chi connectivity index (χ3v) is 3.81. The van der Waals surface area contributed by atoms with Gasteiger partial charge >= 0.3 is 5.97 Å². The summed E-state index contributed by atoms with van der Waals surface area (Å²) in [6.45, 7) is 7.34. The van der Waals surface area contributed by atoms with Gasteiger partial charge in [-0.1, -0.05) is 12.1 Å². The quantitative estimate of drug-likeness (QED) is 0.881. The standard InChI is InChI=1S/C17H20N2O4/c1-9-7-13(5-6-14(9)17(21)22)18-15(20)8-10(2)16-11(3)19-23-12(16)4/h5-7,10H,8H2,1-4H3,(H,18,20)(H,21,22). The van der Waals surface area contributed by atoms with E-state index >= 15 is 0 Å². The summed E-state index contributed by atoms with van der Waals surface area (Å²) >= 11 is 0. The average molecular weight is 316 g/mol. The molecule has 0 spiro atoms. The van der Waals surface area contributed by atoms with Crippen molar-refractivity contribution in [3.05, 3.63) is 46.3 Å². The van der Waals surface area contributed by atoms with Crippen molar-refractivity contribution in [3.63, 3.8) is 0 Å². The molecule has 1 atom stereocenters. The van der Waals surface area contributed by atoms with E-state index in [1.54, 1.807) is 19.1 Å². The Kier molecular flexibility index (Phi) is 4.83. The number of aromatic carboxylic acids is 1. The van der Waals surface area contributed by atoms with E-state index in [4.69, 9.17) is 9.63 Å². The van der Waals surface area contributed by atoms with E-state index in [9.17, 15) is 9.59 Å². The highest BCUT2D eigenvalue weighted by Crippen LogP contribution is 2.26. The van der Waals surface area contributed by atoms with E-state index in [2.05, 4.69) is 10.5 Å². The van der Waals surface area contributed by atoms with E-state index in [1.165, 1.54) is 6.07 Å². The van der Waals surface area contributed by atoms with Crippen LogP contribution in [0.25, 0.3) is 0 Å². The molecule has 2 N–H and O–H groups in total. The lowest BCUT2D eigenvalue weighted by atomic mass is 9.96. The smallest absolute Gasteiger partial charge is 0.335 e. The summed E-state index contributed by atoms with van der Waals surface area (Å²) in [5.74, 6) is -0.405. The van der Waals surface area contributed by atoms with Gasteiger partial charge in [-0.05, 0) is 50.5 Å². The first-order valence-corrected chi connectivity index (χ1v) is 7.36. The Bertz CT molecular complexity index is 730. The molecule has 1 aromatic carbocycles. The number of carboxylic acid groups (broad SMARTS) is 1. The van der Waals surface area contributed by atoms with Gasteiger partial charge in [-0.25, -0.2) is 4.79 Å². The molecule has 1 heterocycles. The topological polar surface area (TPSA) is 92.4 Å². The highest BCUT2D eigenvalue weighted by molar-refractivity contribution is 5.93. The van der Waals surface area contributed by atoms with Crippen LogP contribution in [-0.4, -0.2) is 22.1 Å². The summed E-state index contributed by atoms with van der Waals surface area (Å²) in [5, 5.41) is 15.7. The van der Waals surface area contributed by atoms with Gasteiger partial charge in [0.25, 0.3) is 0 Å². The second kappa shape index (κ2) is 6.64. The van der Waals surface area contributed by atoms with Crippen molar-refractivity contribution in [2.75, 3.05) is 5.32 Å². The molecule has 0 fully saturated rings. The first kappa shape index (κ1) is 16.7. The lowest BCUT2D eigenvalue weighted by Gasteiger charge is -2.12. The third-order valence-electron chi connectivity index (χ3n) is 3.81. The molecule has 1 unspecified atom stereocenters. The van der Waals surface area contributed by atoms with Crippen molar-refractivity contribution >= 4 is 17.6 Å². The Hall–Kier alpha value is -2.63. The predicted molar refractivity (Wildman–Crippen MR) is 85.8 cm³/mol. The molecule has 0 aliphatic carbocycles. The number of carbonyl (C=O) groups is 2. The van der Waals surface area contributed by atoms with E-state index in [-0.39, 0.29) is 17.4 Å². The summed E-state index contributed by atoms with van der Waals surface area (Å²) in [4.78, 5) is 23.2. The average Bonchev–Trinajstić information content (AvgIpc) is 2.77. The minimum Gasteiger partial charge on any atom is -0.478 e. The molecule has 1 aromatic heterocycles. The van der Waals surface area contributed by atoms with Crippen molar-refractivity contribution in [3.8, 4) is 0 Å². The van der Waals surface area contributed by atoms with Crippen LogP contribution in [0.2, 0.25) is 0 Å². The molecule has 0 saturated carbocycles. The summed E-state index contributed by atoms with van der Waals surface area (Å²) < 4.78 is 5.13. The van der Waals surface area contributed by atoms with E-state index in [1.807, 2.05) is 20.8 Å². The van der Waals surface area contributed by atoms with Gasteiger partial charge in [0.15, 0.2) is 0 Å². The summed E-state index contributed by atoms with van der Waals surface area (Å²) in [6, 6.07) is 4.74. The highest BCUT2D eigenvalue weighted by atomic mass is 16.5. The molecule has 23 heavy (non-hydrogen) atoms. The normalized spacial score (nSPS) is 12.0. The second-order valence-corrected chi connectivity index (χ2v) is 5.73. The minimum absolute atomic E-state index is 0.0133. The fourth-order valence-corrected chi connectivity index (χ4v) is 2.77. The number of nitrogens with zero attached hydrogens (tertiary/aromatic N) is 1. The fraction of sp³-hybridized carbons (Fsp3) is 0.353. The number of hydrogen-bond acceptors (Lipinski definition) is 4. The van der Waals surface area contributed by atoms with Gasteiger partial charge in [0.1, 0.15) is 5.76 Å². The van der Waals surface area contributed by atoms with E-state index in [0.29, 0.717) is 17.7 Å². The molecule has 6 nitrogen and oxygen atoms in total. The molecule has 0 bridgehead atoms. The van der Waals surface area contributed by atoms with Gasteiger partial charge in [0.05, 0.1) is 11.3 Å². The molecule has 2 aromatic rings. The van der Waals surface area contributed by atoms with Crippen LogP contribution >= 0.6 is 0 Å². The van der Waals surface area contributed by atoms with Gasteiger partial charge in [-0.3, -0.25) is 4.79 Å². The van der Waals surface area contributed by atoms with E-state index < -0.39 is 5.97 Å². The molecular weight excluding hydrogens is 296 g/mol. The lowest BCUT2D eigenvalue weighted by Crippen LogP contribution is -2.15. The highest BCUT2D eigenvalue weighted by Gasteiger charge is 2.19. The molecule has 0 aliphatic rings. The number of benzene rings is 1. The Morgan fingerprint density at radius 3 is 2.52 bits per heavy atom. The second-order valence-electron chi connectivity index (χ2n) is 5.73. The van der Waals surface area contributed by atoms with Crippen LogP contribution in [0.3, 0.4) is 0 Å². The Morgan fingerprint density at radius 1 is 1.30 bits per heavy atom. The molecule has 0 aliphatic heterocycles. The lowest BCUT2D eigenvalue weighted by molar-refractivity contribution is -0.116. The summed E-state index contributed by atoms with van der Waals surface area (Å²) in [7, 11) is 0. The van der Waals surface area contributed by atoms with Gasteiger partial charge < -0.3 is 14.9 Å². The number of carboxylic acids is 1. The molecular formula is C17H20N2O4. The van der Waals surface area contributed by atoms with Crippen molar-refractivity contribution in [1.29, 1.82) is 0 Å². The van der Waals surface area contributed by atoms with Gasteiger partial charge in [0.2, 0.25) is 5.91 Å². The summed E-state index contributed by atoms with van der Waals surface area (Å²) in [6.07, 6.45) is 0.294. The van der Waals surface area contributed by atoms with Crippen molar-refractivity contribution in [2.45, 2.75) is 40.0 Å². The third kappa shape index (κ3) is 3.77. The van der Waals surface area contributed by atoms with Gasteiger partial charge in [0, 0.05) is 17.7 Å². The first-order chi connectivity index (χ1) is 10.8. The predicted octanol–water partition coefficient (Wildman–Crippen LogP) is 3.43.